The molecule has 0 radical (unpaired) electrons. The Bertz CT molecular complexity index is 368. The molecule has 88 valence electrons. The van der Waals surface area contributed by atoms with Gasteiger partial charge in [0, 0.05) is 17.9 Å². The average molecular weight is 288 g/mol. The second-order valence-corrected chi connectivity index (χ2v) is 4.55. The van der Waals surface area contributed by atoms with Gasteiger partial charge in [-0.15, -0.1) is 0 Å². The van der Waals surface area contributed by atoms with Gasteiger partial charge < -0.3 is 4.90 Å². The summed E-state index contributed by atoms with van der Waals surface area (Å²) >= 11 is 3.29. The molecule has 0 aromatic heterocycles. The molecule has 0 aliphatic carbocycles. The van der Waals surface area contributed by atoms with E-state index in [2.05, 4.69) is 15.9 Å². The van der Waals surface area contributed by atoms with Crippen LogP contribution in [0.5, 0.6) is 0 Å². The van der Waals surface area contributed by atoms with Crippen LogP contribution in [0.4, 0.5) is 4.39 Å². The Labute approximate surface area is 104 Å². The Hall–Kier alpha value is -0.900. The van der Waals surface area contributed by atoms with Crippen LogP contribution in [0, 0.1) is 5.82 Å². The standard InChI is InChI=1S/C12H15BrFNO/c1-9(2)15(8-7-13)12(16)10-5-3-4-6-11(10)14/h3-6,9H,7-8H2,1-2H3. The smallest absolute Gasteiger partial charge is 0.257 e. The summed E-state index contributed by atoms with van der Waals surface area (Å²) in [5.41, 5.74) is 0.136. The number of benzene rings is 1. The van der Waals surface area contributed by atoms with Crippen LogP contribution in [-0.2, 0) is 0 Å². The van der Waals surface area contributed by atoms with E-state index in [1.165, 1.54) is 12.1 Å². The second-order valence-electron chi connectivity index (χ2n) is 3.76. The zero-order chi connectivity index (χ0) is 12.1. The molecular weight excluding hydrogens is 273 g/mol. The van der Waals surface area contributed by atoms with Crippen molar-refractivity contribution in [3.05, 3.63) is 35.6 Å². The highest BCUT2D eigenvalue weighted by Gasteiger charge is 2.20. The molecule has 1 aromatic rings. The Morgan fingerprint density at radius 2 is 2.06 bits per heavy atom. The maximum Gasteiger partial charge on any atom is 0.257 e. The van der Waals surface area contributed by atoms with Crippen LogP contribution < -0.4 is 0 Å². The lowest BCUT2D eigenvalue weighted by Crippen LogP contribution is -2.38. The number of rotatable bonds is 4. The van der Waals surface area contributed by atoms with Crippen LogP contribution in [-0.4, -0.2) is 28.7 Å². The van der Waals surface area contributed by atoms with E-state index in [0.717, 1.165) is 0 Å². The maximum atomic E-state index is 13.4. The number of carbonyl (C=O) groups is 1. The fraction of sp³-hybridized carbons (Fsp3) is 0.417. The van der Waals surface area contributed by atoms with Crippen LogP contribution >= 0.6 is 15.9 Å². The topological polar surface area (TPSA) is 20.3 Å². The molecule has 2 nitrogen and oxygen atoms in total. The molecular formula is C12H15BrFNO. The Morgan fingerprint density at radius 3 is 2.56 bits per heavy atom. The molecule has 0 saturated carbocycles. The zero-order valence-corrected chi connectivity index (χ0v) is 11.0. The van der Waals surface area contributed by atoms with Crippen molar-refractivity contribution in [2.45, 2.75) is 19.9 Å². The van der Waals surface area contributed by atoms with Gasteiger partial charge in [0.2, 0.25) is 0 Å². The molecule has 16 heavy (non-hydrogen) atoms. The second kappa shape index (κ2) is 5.99. The van der Waals surface area contributed by atoms with Gasteiger partial charge in [0.15, 0.2) is 0 Å². The predicted octanol–water partition coefficient (Wildman–Crippen LogP) is 3.07. The first-order valence-corrected chi connectivity index (χ1v) is 6.31. The Kier molecular flexibility index (Phi) is 4.93. The van der Waals surface area contributed by atoms with E-state index < -0.39 is 5.82 Å². The van der Waals surface area contributed by atoms with E-state index in [-0.39, 0.29) is 17.5 Å². The largest absolute Gasteiger partial charge is 0.335 e. The first kappa shape index (κ1) is 13.2. The van der Waals surface area contributed by atoms with Gasteiger partial charge in [-0.1, -0.05) is 28.1 Å². The molecule has 1 rings (SSSR count). The lowest BCUT2D eigenvalue weighted by Gasteiger charge is -2.26. The minimum Gasteiger partial charge on any atom is -0.335 e. The number of halogens is 2. The van der Waals surface area contributed by atoms with Gasteiger partial charge in [-0.25, -0.2) is 4.39 Å². The minimum atomic E-state index is -0.465. The third-order valence-corrected chi connectivity index (χ3v) is 2.67. The van der Waals surface area contributed by atoms with Crippen LogP contribution in [0.15, 0.2) is 24.3 Å². The van der Waals surface area contributed by atoms with Crippen LogP contribution in [0.25, 0.3) is 0 Å². The first-order valence-electron chi connectivity index (χ1n) is 5.19. The lowest BCUT2D eigenvalue weighted by atomic mass is 10.1. The van der Waals surface area contributed by atoms with Crippen LogP contribution in [0.1, 0.15) is 24.2 Å². The van der Waals surface area contributed by atoms with Gasteiger partial charge >= 0.3 is 0 Å². The quantitative estimate of drug-likeness (QED) is 0.780. The van der Waals surface area contributed by atoms with Crippen molar-refractivity contribution in [3.63, 3.8) is 0 Å². The third kappa shape index (κ3) is 3.04. The lowest BCUT2D eigenvalue weighted by molar-refractivity contribution is 0.0714. The van der Waals surface area contributed by atoms with Gasteiger partial charge in [0.25, 0.3) is 5.91 Å². The molecule has 0 fully saturated rings. The van der Waals surface area contributed by atoms with Crippen molar-refractivity contribution in [3.8, 4) is 0 Å². The highest BCUT2D eigenvalue weighted by molar-refractivity contribution is 9.09. The number of carbonyl (C=O) groups excluding carboxylic acids is 1. The molecule has 1 aromatic carbocycles. The van der Waals surface area contributed by atoms with Crippen molar-refractivity contribution >= 4 is 21.8 Å². The Morgan fingerprint density at radius 1 is 1.44 bits per heavy atom. The fourth-order valence-electron chi connectivity index (χ4n) is 1.47. The average Bonchev–Trinajstić information content (AvgIpc) is 2.25. The molecule has 0 N–H and O–H groups in total. The molecule has 0 saturated heterocycles. The summed E-state index contributed by atoms with van der Waals surface area (Å²) < 4.78 is 13.4. The summed E-state index contributed by atoms with van der Waals surface area (Å²) in [6, 6.07) is 6.13. The molecule has 1 amide bonds. The zero-order valence-electron chi connectivity index (χ0n) is 9.41. The molecule has 0 bridgehead atoms. The number of alkyl halides is 1. The van der Waals surface area contributed by atoms with Crippen molar-refractivity contribution in [1.82, 2.24) is 4.90 Å². The molecule has 0 aliphatic heterocycles. The first-order chi connectivity index (χ1) is 7.57. The maximum absolute atomic E-state index is 13.4. The SMILES string of the molecule is CC(C)N(CCBr)C(=O)c1ccccc1F. The van der Waals surface area contributed by atoms with Crippen molar-refractivity contribution < 1.29 is 9.18 Å². The molecule has 0 aliphatic rings. The van der Waals surface area contributed by atoms with Gasteiger partial charge in [0.05, 0.1) is 5.56 Å². The molecule has 0 atom stereocenters. The third-order valence-electron chi connectivity index (χ3n) is 2.31. The molecule has 4 heteroatoms. The number of nitrogens with zero attached hydrogens (tertiary/aromatic N) is 1. The predicted molar refractivity (Wildman–Crippen MR) is 66.4 cm³/mol. The van der Waals surface area contributed by atoms with Gasteiger partial charge in [0.1, 0.15) is 5.82 Å². The van der Waals surface area contributed by atoms with E-state index in [9.17, 15) is 9.18 Å². The van der Waals surface area contributed by atoms with Gasteiger partial charge in [-0.05, 0) is 26.0 Å². The summed E-state index contributed by atoms with van der Waals surface area (Å²) in [5.74, 6) is -0.722. The summed E-state index contributed by atoms with van der Waals surface area (Å²) in [5, 5.41) is 0.686. The number of amides is 1. The van der Waals surface area contributed by atoms with E-state index in [1.54, 1.807) is 17.0 Å². The fourth-order valence-corrected chi connectivity index (χ4v) is 1.86. The Balaban J connectivity index is 2.95. The van der Waals surface area contributed by atoms with Crippen LogP contribution in [0.2, 0.25) is 0 Å². The molecule has 0 unspecified atom stereocenters. The van der Waals surface area contributed by atoms with Crippen LogP contribution in [0.3, 0.4) is 0 Å². The van der Waals surface area contributed by atoms with Gasteiger partial charge in [-0.3, -0.25) is 4.79 Å². The number of hydrogen-bond donors (Lipinski definition) is 0. The van der Waals surface area contributed by atoms with E-state index >= 15 is 0 Å². The van der Waals surface area contributed by atoms with E-state index in [4.69, 9.17) is 0 Å². The van der Waals surface area contributed by atoms with Gasteiger partial charge in [-0.2, -0.15) is 0 Å². The summed E-state index contributed by atoms with van der Waals surface area (Å²) in [7, 11) is 0. The molecule has 0 heterocycles. The monoisotopic (exact) mass is 287 g/mol. The van der Waals surface area contributed by atoms with E-state index in [0.29, 0.717) is 11.9 Å². The summed E-state index contributed by atoms with van der Waals surface area (Å²) in [6.07, 6.45) is 0. The van der Waals surface area contributed by atoms with E-state index in [1.807, 2.05) is 13.8 Å². The number of hydrogen-bond acceptors (Lipinski definition) is 1. The highest BCUT2D eigenvalue weighted by atomic mass is 79.9. The summed E-state index contributed by atoms with van der Waals surface area (Å²) in [6.45, 7) is 4.41. The molecule has 0 spiro atoms. The van der Waals surface area contributed by atoms with Crippen molar-refractivity contribution in [2.24, 2.45) is 0 Å². The summed E-state index contributed by atoms with van der Waals surface area (Å²) in [4.78, 5) is 13.7. The van der Waals surface area contributed by atoms with Crippen molar-refractivity contribution in [2.75, 3.05) is 11.9 Å². The highest BCUT2D eigenvalue weighted by Crippen LogP contribution is 2.12. The normalized spacial score (nSPS) is 10.6. The van der Waals surface area contributed by atoms with Crippen molar-refractivity contribution in [1.29, 1.82) is 0 Å². The minimum absolute atomic E-state index is 0.0599.